The van der Waals surface area contributed by atoms with E-state index in [1.807, 2.05) is 43.3 Å². The van der Waals surface area contributed by atoms with Crippen molar-refractivity contribution < 1.29 is 9.53 Å². The maximum atomic E-state index is 11.7. The van der Waals surface area contributed by atoms with Crippen molar-refractivity contribution in [1.82, 2.24) is 15.0 Å². The van der Waals surface area contributed by atoms with Crippen molar-refractivity contribution in [2.75, 3.05) is 17.2 Å². The molecule has 0 fully saturated rings. The molecule has 3 aromatic rings. The Bertz CT molecular complexity index is 898. The topological polar surface area (TPSA) is 89.0 Å². The van der Waals surface area contributed by atoms with Crippen molar-refractivity contribution in [2.24, 2.45) is 0 Å². The molecule has 138 valence electrons. The van der Waals surface area contributed by atoms with Crippen LogP contribution < -0.4 is 10.6 Å². The molecule has 0 saturated heterocycles. The minimum Gasteiger partial charge on any atom is -0.462 e. The number of anilines is 3. The van der Waals surface area contributed by atoms with Crippen LogP contribution in [0.25, 0.3) is 0 Å². The fourth-order valence-corrected chi connectivity index (χ4v) is 2.46. The quantitative estimate of drug-likeness (QED) is 0.619. The predicted molar refractivity (Wildman–Crippen MR) is 104 cm³/mol. The van der Waals surface area contributed by atoms with Gasteiger partial charge in [0.25, 0.3) is 0 Å². The normalized spacial score (nSPS) is 10.3. The lowest BCUT2D eigenvalue weighted by molar-refractivity contribution is 0.0526. The van der Waals surface area contributed by atoms with E-state index in [-0.39, 0.29) is 5.97 Å². The second-order valence-corrected chi connectivity index (χ2v) is 5.78. The van der Waals surface area contributed by atoms with Crippen molar-refractivity contribution in [1.29, 1.82) is 0 Å². The summed E-state index contributed by atoms with van der Waals surface area (Å²) in [6, 6.07) is 14.7. The highest BCUT2D eigenvalue weighted by atomic mass is 16.5. The van der Waals surface area contributed by atoms with Gasteiger partial charge in [-0.2, -0.15) is 0 Å². The van der Waals surface area contributed by atoms with E-state index < -0.39 is 0 Å². The van der Waals surface area contributed by atoms with Crippen molar-refractivity contribution in [3.8, 4) is 0 Å². The minimum atomic E-state index is -0.331. The second-order valence-electron chi connectivity index (χ2n) is 5.78. The standard InChI is InChI=1S/C20H21N5O2/c1-3-27-20(26)15-7-9-16(10-8-15)25-19-12-18(23-14(2)24-19)22-13-17-6-4-5-11-21-17/h4-12H,3,13H2,1-2H3,(H2,22,23,24,25). The van der Waals surface area contributed by atoms with E-state index in [4.69, 9.17) is 4.74 Å². The van der Waals surface area contributed by atoms with E-state index >= 15 is 0 Å². The van der Waals surface area contributed by atoms with Gasteiger partial charge in [-0.05, 0) is 50.2 Å². The summed E-state index contributed by atoms with van der Waals surface area (Å²) in [5, 5.41) is 6.47. The van der Waals surface area contributed by atoms with Crippen LogP contribution in [0.4, 0.5) is 17.3 Å². The maximum absolute atomic E-state index is 11.7. The fraction of sp³-hybridized carbons (Fsp3) is 0.200. The SMILES string of the molecule is CCOC(=O)c1ccc(Nc2cc(NCc3ccccn3)nc(C)n2)cc1. The van der Waals surface area contributed by atoms with Gasteiger partial charge < -0.3 is 15.4 Å². The summed E-state index contributed by atoms with van der Waals surface area (Å²) in [5.41, 5.74) is 2.26. The Hall–Kier alpha value is -3.48. The number of hydrogen-bond acceptors (Lipinski definition) is 7. The lowest BCUT2D eigenvalue weighted by Gasteiger charge is -2.10. The van der Waals surface area contributed by atoms with Gasteiger partial charge in [0.05, 0.1) is 24.4 Å². The van der Waals surface area contributed by atoms with E-state index in [9.17, 15) is 4.79 Å². The second kappa shape index (κ2) is 8.75. The number of hydrogen-bond donors (Lipinski definition) is 2. The highest BCUT2D eigenvalue weighted by molar-refractivity contribution is 5.89. The number of nitrogens with one attached hydrogen (secondary N) is 2. The Balaban J connectivity index is 1.68. The molecular formula is C20H21N5O2. The van der Waals surface area contributed by atoms with Gasteiger partial charge >= 0.3 is 5.97 Å². The molecule has 7 heteroatoms. The summed E-state index contributed by atoms with van der Waals surface area (Å²) < 4.78 is 4.99. The molecule has 1 aromatic carbocycles. The molecule has 0 saturated carbocycles. The Morgan fingerprint density at radius 3 is 2.56 bits per heavy atom. The summed E-state index contributed by atoms with van der Waals surface area (Å²) in [7, 11) is 0. The molecule has 0 bridgehead atoms. The highest BCUT2D eigenvalue weighted by Gasteiger charge is 2.07. The van der Waals surface area contributed by atoms with Crippen LogP contribution in [-0.4, -0.2) is 27.5 Å². The lowest BCUT2D eigenvalue weighted by atomic mass is 10.2. The molecule has 0 unspecified atom stereocenters. The molecule has 7 nitrogen and oxygen atoms in total. The van der Waals surface area contributed by atoms with E-state index in [1.165, 1.54) is 0 Å². The van der Waals surface area contributed by atoms with Crippen molar-refractivity contribution >= 4 is 23.3 Å². The van der Waals surface area contributed by atoms with Gasteiger partial charge in [-0.15, -0.1) is 0 Å². The van der Waals surface area contributed by atoms with Gasteiger partial charge in [-0.25, -0.2) is 14.8 Å². The molecule has 0 atom stereocenters. The molecule has 2 N–H and O–H groups in total. The number of aryl methyl sites for hydroxylation is 1. The molecular weight excluding hydrogens is 342 g/mol. The first-order chi connectivity index (χ1) is 13.1. The van der Waals surface area contributed by atoms with Crippen LogP contribution in [-0.2, 0) is 11.3 Å². The fourth-order valence-electron chi connectivity index (χ4n) is 2.46. The lowest BCUT2D eigenvalue weighted by Crippen LogP contribution is -2.06. The first-order valence-corrected chi connectivity index (χ1v) is 8.67. The van der Waals surface area contributed by atoms with Crippen LogP contribution in [0.15, 0.2) is 54.7 Å². The van der Waals surface area contributed by atoms with Gasteiger partial charge in [-0.1, -0.05) is 6.07 Å². The molecule has 0 amide bonds. The molecule has 0 aliphatic rings. The number of ether oxygens (including phenoxy) is 1. The zero-order chi connectivity index (χ0) is 19.1. The first-order valence-electron chi connectivity index (χ1n) is 8.67. The van der Waals surface area contributed by atoms with Crippen LogP contribution in [0.3, 0.4) is 0 Å². The number of rotatable bonds is 7. The number of aromatic nitrogens is 3. The van der Waals surface area contributed by atoms with Gasteiger partial charge in [-0.3, -0.25) is 4.98 Å². The third kappa shape index (κ3) is 5.24. The Labute approximate surface area is 157 Å². The van der Waals surface area contributed by atoms with Crippen molar-refractivity contribution in [3.05, 3.63) is 71.8 Å². The van der Waals surface area contributed by atoms with Crippen molar-refractivity contribution in [3.63, 3.8) is 0 Å². The number of benzene rings is 1. The summed E-state index contributed by atoms with van der Waals surface area (Å²) in [6.45, 7) is 4.55. The zero-order valence-electron chi connectivity index (χ0n) is 15.3. The highest BCUT2D eigenvalue weighted by Crippen LogP contribution is 2.18. The molecule has 0 radical (unpaired) electrons. The van der Waals surface area contributed by atoms with E-state index in [1.54, 1.807) is 25.3 Å². The van der Waals surface area contributed by atoms with Crippen LogP contribution in [0.2, 0.25) is 0 Å². The summed E-state index contributed by atoms with van der Waals surface area (Å²) in [6.07, 6.45) is 1.76. The number of pyridine rings is 1. The minimum absolute atomic E-state index is 0.331. The third-order valence-electron chi connectivity index (χ3n) is 3.68. The van der Waals surface area contributed by atoms with Crippen LogP contribution in [0, 0.1) is 6.92 Å². The molecule has 3 rings (SSSR count). The van der Waals surface area contributed by atoms with Crippen LogP contribution >= 0.6 is 0 Å². The average Bonchev–Trinajstić information content (AvgIpc) is 2.67. The number of carbonyl (C=O) groups excluding carboxylic acids is 1. The van der Waals surface area contributed by atoms with E-state index in [0.29, 0.717) is 36.2 Å². The molecule has 0 spiro atoms. The molecule has 27 heavy (non-hydrogen) atoms. The largest absolute Gasteiger partial charge is 0.462 e. The molecule has 2 heterocycles. The van der Waals surface area contributed by atoms with Crippen LogP contribution in [0.1, 0.15) is 28.8 Å². The number of nitrogens with zero attached hydrogens (tertiary/aromatic N) is 3. The average molecular weight is 363 g/mol. The van der Waals surface area contributed by atoms with Crippen molar-refractivity contribution in [2.45, 2.75) is 20.4 Å². The number of carbonyl (C=O) groups is 1. The summed E-state index contributed by atoms with van der Waals surface area (Å²) in [5.74, 6) is 1.68. The molecule has 2 aromatic heterocycles. The Morgan fingerprint density at radius 2 is 1.85 bits per heavy atom. The number of esters is 1. The monoisotopic (exact) mass is 363 g/mol. The summed E-state index contributed by atoms with van der Waals surface area (Å²) in [4.78, 5) is 24.8. The molecule has 0 aliphatic carbocycles. The van der Waals surface area contributed by atoms with E-state index in [0.717, 1.165) is 11.4 Å². The van der Waals surface area contributed by atoms with Gasteiger partial charge in [0, 0.05) is 18.0 Å². The van der Waals surface area contributed by atoms with Gasteiger partial charge in [0.1, 0.15) is 17.5 Å². The van der Waals surface area contributed by atoms with E-state index in [2.05, 4.69) is 25.6 Å². The third-order valence-corrected chi connectivity index (χ3v) is 3.68. The Morgan fingerprint density at radius 1 is 1.07 bits per heavy atom. The van der Waals surface area contributed by atoms with Gasteiger partial charge in [0.2, 0.25) is 0 Å². The van der Waals surface area contributed by atoms with Gasteiger partial charge in [0.15, 0.2) is 0 Å². The Kier molecular flexibility index (Phi) is 5.94. The first kappa shape index (κ1) is 18.3. The zero-order valence-corrected chi connectivity index (χ0v) is 15.3. The maximum Gasteiger partial charge on any atom is 0.338 e. The smallest absolute Gasteiger partial charge is 0.338 e. The summed E-state index contributed by atoms with van der Waals surface area (Å²) >= 11 is 0. The molecule has 0 aliphatic heterocycles. The van der Waals surface area contributed by atoms with Crippen LogP contribution in [0.5, 0.6) is 0 Å². The predicted octanol–water partition coefficient (Wildman–Crippen LogP) is 3.71.